The molecule has 0 fully saturated rings. The average Bonchev–Trinajstić information content (AvgIpc) is 1.89. The number of hydrogen-bond acceptors (Lipinski definition) is 2. The van der Waals surface area contributed by atoms with E-state index in [4.69, 9.17) is 0 Å². The van der Waals surface area contributed by atoms with E-state index in [0.717, 1.165) is 10.2 Å². The summed E-state index contributed by atoms with van der Waals surface area (Å²) in [6.07, 6.45) is 3.64. The first kappa shape index (κ1) is 6.68. The zero-order valence-corrected chi connectivity index (χ0v) is 6.59. The lowest BCUT2D eigenvalue weighted by atomic mass is 10.2. The minimum atomic E-state index is 0.799. The second kappa shape index (κ2) is 2.92. The second-order valence-corrected chi connectivity index (χ2v) is 2.32. The van der Waals surface area contributed by atoms with Crippen molar-refractivity contribution in [3.05, 3.63) is 28.9 Å². The lowest BCUT2D eigenvalue weighted by Crippen LogP contribution is -1.85. The van der Waals surface area contributed by atoms with Crippen LogP contribution in [-0.4, -0.2) is 10.2 Å². The number of hydrogen-bond donors (Lipinski definition) is 0. The van der Waals surface area contributed by atoms with Crippen molar-refractivity contribution in [2.45, 2.75) is 6.92 Å². The Morgan fingerprint density at radius 1 is 1.67 bits per heavy atom. The highest BCUT2D eigenvalue weighted by Crippen LogP contribution is 2.11. The van der Waals surface area contributed by atoms with Crippen LogP contribution in [0.1, 0.15) is 12.5 Å². The first-order chi connectivity index (χ1) is 4.34. The van der Waals surface area contributed by atoms with Crippen molar-refractivity contribution in [3.63, 3.8) is 0 Å². The molecule has 0 atom stereocenters. The normalized spacial score (nSPS) is 9.56. The zero-order chi connectivity index (χ0) is 6.69. The van der Waals surface area contributed by atoms with Crippen LogP contribution < -0.4 is 0 Å². The highest BCUT2D eigenvalue weighted by molar-refractivity contribution is 9.10. The molecule has 1 aromatic rings. The maximum atomic E-state index is 3.79. The minimum Gasteiger partial charge on any atom is -0.158 e. The quantitative estimate of drug-likeness (QED) is 0.668. The first-order valence-corrected chi connectivity index (χ1v) is 3.40. The zero-order valence-electron chi connectivity index (χ0n) is 5.00. The summed E-state index contributed by atoms with van der Waals surface area (Å²) >= 11 is 3.25. The van der Waals surface area contributed by atoms with Crippen LogP contribution in [-0.2, 0) is 0 Å². The predicted octanol–water partition coefficient (Wildman–Crippen LogP) is 1.81. The Morgan fingerprint density at radius 2 is 2.44 bits per heavy atom. The third-order valence-electron chi connectivity index (χ3n) is 1.02. The van der Waals surface area contributed by atoms with Crippen molar-refractivity contribution in [3.8, 4) is 0 Å². The molecule has 9 heavy (non-hydrogen) atoms. The lowest BCUT2D eigenvalue weighted by Gasteiger charge is -1.93. The van der Waals surface area contributed by atoms with Crippen LogP contribution in [0.2, 0.25) is 0 Å². The molecule has 0 spiro atoms. The Kier molecular flexibility index (Phi) is 2.16. The van der Waals surface area contributed by atoms with Crippen LogP contribution in [0.3, 0.4) is 0 Å². The van der Waals surface area contributed by atoms with Gasteiger partial charge in [0.1, 0.15) is 4.60 Å². The van der Waals surface area contributed by atoms with Gasteiger partial charge in [-0.2, -0.15) is 5.10 Å². The molecule has 47 valence electrons. The third kappa shape index (κ3) is 1.48. The molecule has 2 nitrogen and oxygen atoms in total. The van der Waals surface area contributed by atoms with Gasteiger partial charge in [0, 0.05) is 6.20 Å². The molecule has 0 unspecified atom stereocenters. The van der Waals surface area contributed by atoms with E-state index >= 15 is 0 Å². The maximum absolute atomic E-state index is 3.79. The molecule has 1 aromatic heterocycles. The van der Waals surface area contributed by atoms with Crippen molar-refractivity contribution < 1.29 is 0 Å². The minimum absolute atomic E-state index is 0.799. The van der Waals surface area contributed by atoms with Crippen molar-refractivity contribution in [2.24, 2.45) is 0 Å². The fourth-order valence-electron chi connectivity index (χ4n) is 0.539. The van der Waals surface area contributed by atoms with Crippen LogP contribution in [0.15, 0.2) is 16.9 Å². The summed E-state index contributed by atoms with van der Waals surface area (Å²) in [4.78, 5) is 0. The van der Waals surface area contributed by atoms with Gasteiger partial charge < -0.3 is 0 Å². The molecule has 0 amide bonds. The van der Waals surface area contributed by atoms with Crippen molar-refractivity contribution in [1.82, 2.24) is 10.2 Å². The van der Waals surface area contributed by atoms with Gasteiger partial charge in [-0.15, -0.1) is 5.10 Å². The number of nitrogens with zero attached hydrogens (tertiary/aromatic N) is 2. The van der Waals surface area contributed by atoms with Gasteiger partial charge in [0.05, 0.1) is 0 Å². The summed E-state index contributed by atoms with van der Waals surface area (Å²) in [6, 6.07) is 1.90. The molecule has 0 saturated heterocycles. The van der Waals surface area contributed by atoms with Crippen LogP contribution in [0, 0.1) is 6.42 Å². The summed E-state index contributed by atoms with van der Waals surface area (Å²) in [5.74, 6) is 0. The van der Waals surface area contributed by atoms with Gasteiger partial charge >= 0.3 is 0 Å². The first-order valence-electron chi connectivity index (χ1n) is 2.61. The molecule has 0 N–H and O–H groups in total. The highest BCUT2D eigenvalue weighted by atomic mass is 79.9. The molecule has 0 bridgehead atoms. The molecule has 0 aliphatic rings. The van der Waals surface area contributed by atoms with E-state index in [-0.39, 0.29) is 0 Å². The van der Waals surface area contributed by atoms with E-state index in [1.807, 2.05) is 19.4 Å². The van der Waals surface area contributed by atoms with Gasteiger partial charge in [-0.25, -0.2) is 0 Å². The maximum Gasteiger partial charge on any atom is 0.132 e. The largest absolute Gasteiger partial charge is 0.158 e. The fourth-order valence-corrected chi connectivity index (χ4v) is 0.992. The Morgan fingerprint density at radius 3 is 2.89 bits per heavy atom. The Labute approximate surface area is 62.4 Å². The van der Waals surface area contributed by atoms with Gasteiger partial charge in [0.25, 0.3) is 0 Å². The van der Waals surface area contributed by atoms with E-state index in [1.54, 1.807) is 6.20 Å². The standard InChI is InChI=1S/C6H6BrN2/c1-2-5-3-4-8-9-6(5)7/h2-4H,1H3. The van der Waals surface area contributed by atoms with Crippen LogP contribution in [0.4, 0.5) is 0 Å². The summed E-state index contributed by atoms with van der Waals surface area (Å²) in [6.45, 7) is 1.96. The second-order valence-electron chi connectivity index (χ2n) is 1.57. The summed E-state index contributed by atoms with van der Waals surface area (Å²) in [5.41, 5.74) is 1.07. The van der Waals surface area contributed by atoms with E-state index in [2.05, 4.69) is 26.1 Å². The van der Waals surface area contributed by atoms with Crippen LogP contribution >= 0.6 is 15.9 Å². The molecular formula is C6H6BrN2. The van der Waals surface area contributed by atoms with E-state index < -0.39 is 0 Å². The Hall–Kier alpha value is -0.440. The van der Waals surface area contributed by atoms with Gasteiger partial charge in [0.2, 0.25) is 0 Å². The number of aromatic nitrogens is 2. The topological polar surface area (TPSA) is 25.8 Å². The molecule has 0 aromatic carbocycles. The predicted molar refractivity (Wildman–Crippen MR) is 38.8 cm³/mol. The van der Waals surface area contributed by atoms with Gasteiger partial charge in [-0.05, 0) is 34.0 Å². The van der Waals surface area contributed by atoms with E-state index in [0.29, 0.717) is 0 Å². The monoisotopic (exact) mass is 185 g/mol. The Bertz CT molecular complexity index is 200. The Balaban J connectivity index is 3.01. The molecule has 1 heterocycles. The molecule has 0 aliphatic heterocycles. The summed E-state index contributed by atoms with van der Waals surface area (Å²) in [7, 11) is 0. The number of halogens is 1. The average molecular weight is 186 g/mol. The molecule has 3 heteroatoms. The summed E-state index contributed by atoms with van der Waals surface area (Å²) < 4.78 is 0.799. The third-order valence-corrected chi connectivity index (χ3v) is 1.63. The van der Waals surface area contributed by atoms with Gasteiger partial charge in [-0.3, -0.25) is 0 Å². The van der Waals surface area contributed by atoms with E-state index in [1.165, 1.54) is 0 Å². The molecular weight excluding hydrogens is 180 g/mol. The SMILES string of the molecule is C[CH]c1ccnnc1Br. The van der Waals surface area contributed by atoms with Crippen molar-refractivity contribution >= 4 is 15.9 Å². The van der Waals surface area contributed by atoms with Gasteiger partial charge in [0.15, 0.2) is 0 Å². The van der Waals surface area contributed by atoms with Crippen molar-refractivity contribution in [1.29, 1.82) is 0 Å². The molecule has 1 radical (unpaired) electrons. The van der Waals surface area contributed by atoms with Gasteiger partial charge in [-0.1, -0.05) is 6.92 Å². The highest BCUT2D eigenvalue weighted by Gasteiger charge is 1.94. The molecule has 0 aliphatic carbocycles. The van der Waals surface area contributed by atoms with Crippen LogP contribution in [0.5, 0.6) is 0 Å². The fraction of sp³-hybridized carbons (Fsp3) is 0.167. The molecule has 1 rings (SSSR count). The number of rotatable bonds is 1. The molecule has 0 saturated carbocycles. The smallest absolute Gasteiger partial charge is 0.132 e. The lowest BCUT2D eigenvalue weighted by molar-refractivity contribution is 0.989. The van der Waals surface area contributed by atoms with E-state index in [9.17, 15) is 0 Å². The van der Waals surface area contributed by atoms with Crippen LogP contribution in [0.25, 0.3) is 0 Å². The summed E-state index contributed by atoms with van der Waals surface area (Å²) in [5, 5.41) is 7.46. The van der Waals surface area contributed by atoms with Crippen molar-refractivity contribution in [2.75, 3.05) is 0 Å².